The fourth-order valence-corrected chi connectivity index (χ4v) is 3.38. The van der Waals surface area contributed by atoms with Crippen LogP contribution in [0.3, 0.4) is 0 Å². The number of hydrogen-bond acceptors (Lipinski definition) is 11. The van der Waals surface area contributed by atoms with Gasteiger partial charge in [0.05, 0.1) is 18.1 Å². The molecule has 0 unspecified atom stereocenters. The highest BCUT2D eigenvalue weighted by atomic mass is 16.7. The van der Waals surface area contributed by atoms with Crippen LogP contribution in [0.1, 0.15) is 5.56 Å². The van der Waals surface area contributed by atoms with Gasteiger partial charge in [-0.2, -0.15) is 0 Å². The first-order chi connectivity index (χ1) is 17.7. The maximum atomic E-state index is 12.9. The van der Waals surface area contributed by atoms with Crippen molar-refractivity contribution in [3.8, 4) is 0 Å². The molecule has 0 radical (unpaired) electrons. The highest BCUT2D eigenvalue weighted by Crippen LogP contribution is 2.22. The summed E-state index contributed by atoms with van der Waals surface area (Å²) in [6.45, 7) is -1.35. The van der Waals surface area contributed by atoms with Crippen molar-refractivity contribution in [2.24, 2.45) is 0 Å². The van der Waals surface area contributed by atoms with Crippen LogP contribution in [0.2, 0.25) is 0 Å². The molecule has 1 aliphatic rings. The lowest BCUT2D eigenvalue weighted by Gasteiger charge is -2.39. The Labute approximate surface area is 210 Å². The van der Waals surface area contributed by atoms with E-state index in [9.17, 15) is 40.1 Å². The van der Waals surface area contributed by atoms with Gasteiger partial charge in [0.2, 0.25) is 5.91 Å². The van der Waals surface area contributed by atoms with E-state index in [0.29, 0.717) is 5.56 Å². The molecule has 2 aromatic rings. The maximum absolute atomic E-state index is 12.9. The van der Waals surface area contributed by atoms with Crippen molar-refractivity contribution in [3.05, 3.63) is 70.3 Å². The molecule has 1 saturated heterocycles. The summed E-state index contributed by atoms with van der Waals surface area (Å²) in [6.07, 6.45) is -8.78. The number of anilines is 1. The molecule has 3 rings (SSSR count). The number of aliphatic hydroxyl groups is 4. The maximum Gasteiger partial charge on any atom is 0.408 e. The van der Waals surface area contributed by atoms with Gasteiger partial charge in [-0.15, -0.1) is 0 Å². The van der Waals surface area contributed by atoms with Crippen LogP contribution >= 0.6 is 0 Å². The van der Waals surface area contributed by atoms with E-state index in [1.54, 1.807) is 30.3 Å². The molecule has 1 heterocycles. The lowest BCUT2D eigenvalue weighted by atomic mass is 9.99. The second kappa shape index (κ2) is 13.0. The van der Waals surface area contributed by atoms with E-state index in [2.05, 4.69) is 10.6 Å². The molecule has 0 aromatic heterocycles. The Morgan fingerprint density at radius 2 is 1.70 bits per heavy atom. The van der Waals surface area contributed by atoms with Crippen molar-refractivity contribution >= 4 is 23.4 Å². The predicted octanol–water partition coefficient (Wildman–Crippen LogP) is -0.355. The number of nitro benzene ring substituents is 1. The topological polar surface area (TPSA) is 210 Å². The monoisotopic (exact) mass is 521 g/mol. The summed E-state index contributed by atoms with van der Waals surface area (Å²) < 4.78 is 15.8. The van der Waals surface area contributed by atoms with Crippen LogP contribution in [0.5, 0.6) is 0 Å². The van der Waals surface area contributed by atoms with E-state index < -0.39 is 66.9 Å². The Hall–Kier alpha value is -3.66. The van der Waals surface area contributed by atoms with E-state index >= 15 is 0 Å². The molecule has 1 aliphatic heterocycles. The molecule has 0 bridgehead atoms. The van der Waals surface area contributed by atoms with E-state index in [4.69, 9.17) is 14.2 Å². The van der Waals surface area contributed by atoms with Crippen molar-refractivity contribution in [1.82, 2.24) is 5.32 Å². The second-order valence-electron chi connectivity index (χ2n) is 8.08. The van der Waals surface area contributed by atoms with E-state index in [1.165, 1.54) is 24.3 Å². The summed E-state index contributed by atoms with van der Waals surface area (Å²) in [7, 11) is 0. The van der Waals surface area contributed by atoms with Crippen molar-refractivity contribution in [2.75, 3.05) is 18.5 Å². The van der Waals surface area contributed by atoms with Gasteiger partial charge in [-0.3, -0.25) is 14.9 Å². The number of amides is 2. The number of non-ortho nitro benzene ring substituents is 1. The van der Waals surface area contributed by atoms with E-state index in [-0.39, 0.29) is 18.0 Å². The fraction of sp³-hybridized carbons (Fsp3) is 0.391. The van der Waals surface area contributed by atoms with Crippen LogP contribution in [-0.2, 0) is 25.6 Å². The molecule has 14 heteroatoms. The van der Waals surface area contributed by atoms with Crippen LogP contribution < -0.4 is 10.6 Å². The molecule has 2 amide bonds. The summed E-state index contributed by atoms with van der Waals surface area (Å²) in [5, 5.41) is 55.0. The third-order valence-electron chi connectivity index (χ3n) is 5.44. The number of aliphatic hydroxyl groups excluding tert-OH is 4. The summed E-state index contributed by atoms with van der Waals surface area (Å²) in [5.41, 5.74) is 0.693. The van der Waals surface area contributed by atoms with Gasteiger partial charge in [0.25, 0.3) is 5.69 Å². The average Bonchev–Trinajstić information content (AvgIpc) is 2.90. The molecule has 2 aromatic carbocycles. The molecule has 1 fully saturated rings. The molecule has 0 aliphatic carbocycles. The van der Waals surface area contributed by atoms with Gasteiger partial charge in [0, 0.05) is 17.8 Å². The van der Waals surface area contributed by atoms with Gasteiger partial charge >= 0.3 is 6.09 Å². The largest absolute Gasteiger partial charge is 0.445 e. The third-order valence-corrected chi connectivity index (χ3v) is 5.44. The SMILES string of the molecule is O=C(N[C@@H](CO[C@@H]1O[C@H](CO)[C@@H](O)[C@H](O)[C@H]1O)C(=O)Nc1ccc([N+](=O)[O-])cc1)OCc1ccccc1. The number of hydrogen-bond donors (Lipinski definition) is 6. The quantitative estimate of drug-likeness (QED) is 0.176. The van der Waals surface area contributed by atoms with Gasteiger partial charge in [0.15, 0.2) is 6.29 Å². The molecule has 6 atom stereocenters. The highest BCUT2D eigenvalue weighted by molar-refractivity contribution is 5.96. The smallest absolute Gasteiger partial charge is 0.408 e. The zero-order valence-electron chi connectivity index (χ0n) is 19.4. The van der Waals surface area contributed by atoms with Crippen LogP contribution in [0, 0.1) is 10.1 Å². The Bertz CT molecular complexity index is 1050. The first kappa shape index (κ1) is 27.9. The van der Waals surface area contributed by atoms with Gasteiger partial charge in [0.1, 0.15) is 37.1 Å². The Morgan fingerprint density at radius 3 is 2.32 bits per heavy atom. The Kier molecular flexibility index (Phi) is 9.85. The van der Waals surface area contributed by atoms with Crippen molar-refractivity contribution in [1.29, 1.82) is 0 Å². The number of nitro groups is 1. The molecular formula is C23H27N3O11. The second-order valence-corrected chi connectivity index (χ2v) is 8.08. The first-order valence-electron chi connectivity index (χ1n) is 11.1. The van der Waals surface area contributed by atoms with Gasteiger partial charge < -0.3 is 45.3 Å². The summed E-state index contributed by atoms with van der Waals surface area (Å²) >= 11 is 0. The minimum atomic E-state index is -1.72. The summed E-state index contributed by atoms with van der Waals surface area (Å²) in [4.78, 5) is 35.5. The predicted molar refractivity (Wildman–Crippen MR) is 125 cm³/mol. The number of nitrogens with one attached hydrogen (secondary N) is 2. The van der Waals surface area contributed by atoms with Crippen LogP contribution in [0.15, 0.2) is 54.6 Å². The molecule has 200 valence electrons. The standard InChI is InChI=1S/C23H27N3O11/c27-10-17-18(28)19(29)20(30)22(37-17)35-12-16(25-23(32)36-11-13-4-2-1-3-5-13)21(31)24-14-6-8-15(9-7-14)26(33)34/h1-9,16-20,22,27-30H,10-12H2,(H,24,31)(H,25,32)/t16-,17+,18+,19-,20+,22+/m0/s1. The summed E-state index contributed by atoms with van der Waals surface area (Å²) in [5.74, 6) is -0.796. The number of carbonyl (C=O) groups is 2. The zero-order chi connectivity index (χ0) is 26.9. The van der Waals surface area contributed by atoms with Gasteiger partial charge in [-0.1, -0.05) is 30.3 Å². The van der Waals surface area contributed by atoms with Crippen molar-refractivity contribution in [2.45, 2.75) is 43.4 Å². The van der Waals surface area contributed by atoms with Crippen LogP contribution in [0.4, 0.5) is 16.2 Å². The van der Waals surface area contributed by atoms with E-state index in [0.717, 1.165) is 0 Å². The van der Waals surface area contributed by atoms with E-state index in [1.807, 2.05) is 0 Å². The first-order valence-corrected chi connectivity index (χ1v) is 11.1. The molecular weight excluding hydrogens is 494 g/mol. The van der Waals surface area contributed by atoms with Crippen LogP contribution in [0.25, 0.3) is 0 Å². The number of carbonyl (C=O) groups excluding carboxylic acids is 2. The zero-order valence-corrected chi connectivity index (χ0v) is 19.4. The molecule has 0 saturated carbocycles. The molecule has 0 spiro atoms. The Balaban J connectivity index is 1.67. The molecule has 6 N–H and O–H groups in total. The number of ether oxygens (including phenoxy) is 3. The lowest BCUT2D eigenvalue weighted by Crippen LogP contribution is -2.60. The average molecular weight is 521 g/mol. The number of nitrogens with zero attached hydrogens (tertiary/aromatic N) is 1. The number of alkyl carbamates (subject to hydrolysis) is 1. The summed E-state index contributed by atoms with van der Waals surface area (Å²) in [6, 6.07) is 12.3. The lowest BCUT2D eigenvalue weighted by molar-refractivity contribution is -0.384. The normalized spacial score (nSPS) is 24.1. The number of rotatable bonds is 10. The minimum absolute atomic E-state index is 0.0864. The van der Waals surface area contributed by atoms with Gasteiger partial charge in [-0.05, 0) is 17.7 Å². The highest BCUT2D eigenvalue weighted by Gasteiger charge is 2.44. The van der Waals surface area contributed by atoms with Crippen molar-refractivity contribution < 1.29 is 49.1 Å². The van der Waals surface area contributed by atoms with Gasteiger partial charge in [-0.25, -0.2) is 4.79 Å². The number of benzene rings is 2. The molecule has 14 nitrogen and oxygen atoms in total. The Morgan fingerprint density at radius 1 is 1.03 bits per heavy atom. The minimum Gasteiger partial charge on any atom is -0.445 e. The third kappa shape index (κ3) is 7.66. The van der Waals surface area contributed by atoms with Crippen molar-refractivity contribution in [3.63, 3.8) is 0 Å². The van der Waals surface area contributed by atoms with Crippen LogP contribution in [-0.4, -0.2) is 87.3 Å². The molecule has 37 heavy (non-hydrogen) atoms. The fourth-order valence-electron chi connectivity index (χ4n) is 3.38.